The van der Waals surface area contributed by atoms with E-state index in [0.717, 1.165) is 30.6 Å². The zero-order valence-electron chi connectivity index (χ0n) is 17.7. The third-order valence-corrected chi connectivity index (χ3v) is 5.81. The number of benzene rings is 1. The number of amides is 1. The minimum Gasteiger partial charge on any atom is -0.382 e. The summed E-state index contributed by atoms with van der Waals surface area (Å²) in [6, 6.07) is 7.99. The summed E-state index contributed by atoms with van der Waals surface area (Å²) >= 11 is 7.01. The van der Waals surface area contributed by atoms with E-state index in [-0.39, 0.29) is 39.9 Å². The van der Waals surface area contributed by atoms with Crippen molar-refractivity contribution < 1.29 is 9.59 Å². The van der Waals surface area contributed by atoms with Crippen LogP contribution in [-0.2, 0) is 6.42 Å². The molecule has 0 radical (unpaired) electrons. The molecule has 1 amide bonds. The number of aromatic nitrogens is 2. The molecule has 0 unspecified atom stereocenters. The maximum atomic E-state index is 12.3. The van der Waals surface area contributed by atoms with E-state index in [9.17, 15) is 9.59 Å². The molecular formula is C21H27ClN6O2S. The Labute approximate surface area is 191 Å². The summed E-state index contributed by atoms with van der Waals surface area (Å²) < 4.78 is 0. The zero-order valence-corrected chi connectivity index (χ0v) is 19.2. The summed E-state index contributed by atoms with van der Waals surface area (Å²) in [6.45, 7) is 0. The Bertz CT molecular complexity index is 950. The molecule has 1 aromatic carbocycles. The number of ketones is 1. The number of nitrogens with zero attached hydrogens (tertiary/aromatic N) is 3. The van der Waals surface area contributed by atoms with Gasteiger partial charge in [0.25, 0.3) is 5.24 Å². The number of rotatable bonds is 10. The maximum Gasteiger partial charge on any atom is 0.285 e. The summed E-state index contributed by atoms with van der Waals surface area (Å²) in [5.74, 6) is -0.487. The van der Waals surface area contributed by atoms with Crippen molar-refractivity contribution in [3.63, 3.8) is 0 Å². The second kappa shape index (κ2) is 11.7. The lowest BCUT2D eigenvalue weighted by molar-refractivity contribution is 0.0996. The Balaban J connectivity index is 1.69. The lowest BCUT2D eigenvalue weighted by Gasteiger charge is -2.09. The van der Waals surface area contributed by atoms with Crippen LogP contribution in [0.2, 0.25) is 5.15 Å². The van der Waals surface area contributed by atoms with Crippen LogP contribution in [0.3, 0.4) is 0 Å². The van der Waals surface area contributed by atoms with Gasteiger partial charge >= 0.3 is 0 Å². The number of Topliss-reactive ketones (excluding diaryl/α,β-unsaturated/α-hetero) is 1. The van der Waals surface area contributed by atoms with E-state index in [0.29, 0.717) is 12.1 Å². The molecule has 31 heavy (non-hydrogen) atoms. The van der Waals surface area contributed by atoms with Gasteiger partial charge in [0, 0.05) is 24.7 Å². The monoisotopic (exact) mass is 462 g/mol. The van der Waals surface area contributed by atoms with Crippen LogP contribution in [-0.4, -0.2) is 45.7 Å². The van der Waals surface area contributed by atoms with Crippen molar-refractivity contribution in [3.05, 3.63) is 40.7 Å². The van der Waals surface area contributed by atoms with Crippen molar-refractivity contribution in [2.75, 3.05) is 25.6 Å². The number of anilines is 2. The van der Waals surface area contributed by atoms with Crippen molar-refractivity contribution >= 4 is 51.7 Å². The highest BCUT2D eigenvalue weighted by Crippen LogP contribution is 2.22. The molecule has 0 spiro atoms. The van der Waals surface area contributed by atoms with Gasteiger partial charge in [-0.3, -0.25) is 9.59 Å². The number of nitrogens with two attached hydrogens (primary N) is 2. The normalized spacial score (nSPS) is 10.7. The summed E-state index contributed by atoms with van der Waals surface area (Å²) in [5.41, 5.74) is 12.7. The fourth-order valence-corrected chi connectivity index (χ4v) is 3.56. The van der Waals surface area contributed by atoms with Crippen LogP contribution in [0.25, 0.3) is 0 Å². The van der Waals surface area contributed by atoms with E-state index >= 15 is 0 Å². The van der Waals surface area contributed by atoms with Crippen LogP contribution < -0.4 is 11.5 Å². The Morgan fingerprint density at radius 1 is 1.06 bits per heavy atom. The van der Waals surface area contributed by atoms with E-state index < -0.39 is 0 Å². The van der Waals surface area contributed by atoms with Crippen molar-refractivity contribution in [3.8, 4) is 0 Å². The zero-order chi connectivity index (χ0) is 23.0. The standard InChI is InChI=1S/C21H27ClN6O2S/c1-28(2)21(30)31-15-10-8-13(9-11-15)6-4-3-5-7-14(23)12-16(29)17-19(24)27-20(25)18(22)26-17/h8-11,23H,3-7,12H2,1-2H3,(H4,24,25,27). The van der Waals surface area contributed by atoms with Crippen LogP contribution in [0.5, 0.6) is 0 Å². The van der Waals surface area contributed by atoms with Gasteiger partial charge in [-0.25, -0.2) is 9.97 Å². The van der Waals surface area contributed by atoms with E-state index in [1.807, 2.05) is 24.3 Å². The lowest BCUT2D eigenvalue weighted by Crippen LogP contribution is -2.15. The van der Waals surface area contributed by atoms with Crippen LogP contribution in [0.4, 0.5) is 16.4 Å². The molecule has 1 heterocycles. The number of carbonyl (C=O) groups is 2. The number of unbranched alkanes of at least 4 members (excludes halogenated alkanes) is 2. The highest BCUT2D eigenvalue weighted by molar-refractivity contribution is 8.13. The van der Waals surface area contributed by atoms with Crippen LogP contribution >= 0.6 is 23.4 Å². The molecule has 0 aliphatic heterocycles. The van der Waals surface area contributed by atoms with Crippen LogP contribution in [0.15, 0.2) is 29.2 Å². The van der Waals surface area contributed by atoms with Gasteiger partial charge in [-0.05, 0) is 55.1 Å². The third kappa shape index (κ3) is 7.84. The maximum absolute atomic E-state index is 12.3. The Kier molecular flexibility index (Phi) is 9.26. The minimum atomic E-state index is -0.386. The van der Waals surface area contributed by atoms with Gasteiger partial charge in [-0.15, -0.1) is 0 Å². The fourth-order valence-electron chi connectivity index (χ4n) is 2.77. The average molecular weight is 463 g/mol. The van der Waals surface area contributed by atoms with Gasteiger partial charge in [0.15, 0.2) is 28.3 Å². The molecule has 0 aliphatic rings. The van der Waals surface area contributed by atoms with Gasteiger partial charge in [0.05, 0.1) is 6.42 Å². The van der Waals surface area contributed by atoms with Crippen LogP contribution in [0, 0.1) is 5.41 Å². The summed E-state index contributed by atoms with van der Waals surface area (Å²) in [7, 11) is 3.47. The van der Waals surface area contributed by atoms with Crippen molar-refractivity contribution in [1.29, 1.82) is 5.41 Å². The van der Waals surface area contributed by atoms with E-state index in [1.54, 1.807) is 19.0 Å². The van der Waals surface area contributed by atoms with E-state index in [2.05, 4.69) is 9.97 Å². The van der Waals surface area contributed by atoms with Gasteiger partial charge < -0.3 is 21.8 Å². The smallest absolute Gasteiger partial charge is 0.285 e. The number of nitrogen functional groups attached to an aromatic ring is 2. The molecule has 166 valence electrons. The second-order valence-electron chi connectivity index (χ2n) is 7.30. The summed E-state index contributed by atoms with van der Waals surface area (Å²) in [6.07, 6.45) is 4.14. The summed E-state index contributed by atoms with van der Waals surface area (Å²) in [4.78, 5) is 34.2. The molecule has 1 aromatic heterocycles. The highest BCUT2D eigenvalue weighted by Gasteiger charge is 2.17. The molecule has 10 heteroatoms. The molecular weight excluding hydrogens is 436 g/mol. The van der Waals surface area contributed by atoms with Crippen molar-refractivity contribution in [2.45, 2.75) is 43.4 Å². The molecule has 8 nitrogen and oxygen atoms in total. The van der Waals surface area contributed by atoms with Gasteiger partial charge in [0.1, 0.15) is 0 Å². The number of halogens is 1. The molecule has 0 saturated heterocycles. The Hall–Kier alpha value is -2.65. The third-order valence-electron chi connectivity index (χ3n) is 4.48. The van der Waals surface area contributed by atoms with Gasteiger partial charge in [0.2, 0.25) is 0 Å². The first kappa shape index (κ1) is 24.6. The number of nitrogens with one attached hydrogen (secondary N) is 1. The number of carbonyl (C=O) groups excluding carboxylic acids is 2. The first-order valence-electron chi connectivity index (χ1n) is 9.83. The Morgan fingerprint density at radius 3 is 2.39 bits per heavy atom. The first-order valence-corrected chi connectivity index (χ1v) is 11.0. The average Bonchev–Trinajstić information content (AvgIpc) is 2.71. The number of thioether (sulfide) groups is 1. The topological polar surface area (TPSA) is 139 Å². The highest BCUT2D eigenvalue weighted by atomic mass is 35.5. The second-order valence-corrected chi connectivity index (χ2v) is 8.69. The molecule has 0 bridgehead atoms. The predicted octanol–water partition coefficient (Wildman–Crippen LogP) is 4.46. The number of hydrogen-bond acceptors (Lipinski definition) is 8. The molecule has 0 atom stereocenters. The molecule has 2 rings (SSSR count). The van der Waals surface area contributed by atoms with E-state index in [1.165, 1.54) is 17.3 Å². The van der Waals surface area contributed by atoms with Crippen LogP contribution in [0.1, 0.15) is 48.2 Å². The van der Waals surface area contributed by atoms with E-state index in [4.69, 9.17) is 28.5 Å². The summed E-state index contributed by atoms with van der Waals surface area (Å²) in [5, 5.41) is 7.98. The lowest BCUT2D eigenvalue weighted by atomic mass is 10.0. The minimum absolute atomic E-state index is 0.00269. The van der Waals surface area contributed by atoms with Crippen molar-refractivity contribution in [1.82, 2.24) is 14.9 Å². The fraction of sp³-hybridized carbons (Fsp3) is 0.381. The Morgan fingerprint density at radius 2 is 1.74 bits per heavy atom. The molecule has 2 aromatic rings. The SMILES string of the molecule is CN(C)C(=O)Sc1ccc(CCCCCC(=N)CC(=O)c2nc(Cl)c(N)nc2N)cc1. The number of hydrogen-bond donors (Lipinski definition) is 3. The number of aryl methyl sites for hydroxylation is 1. The molecule has 5 N–H and O–H groups in total. The first-order chi connectivity index (χ1) is 14.7. The largest absolute Gasteiger partial charge is 0.382 e. The quantitative estimate of drug-likeness (QED) is 0.205. The van der Waals surface area contributed by atoms with Crippen molar-refractivity contribution in [2.24, 2.45) is 0 Å². The predicted molar refractivity (Wildman–Crippen MR) is 126 cm³/mol. The molecule has 0 saturated carbocycles. The molecule has 0 fully saturated rings. The van der Waals surface area contributed by atoms with Gasteiger partial charge in [-0.2, -0.15) is 0 Å². The van der Waals surface area contributed by atoms with Gasteiger partial charge in [-0.1, -0.05) is 30.2 Å². The molecule has 0 aliphatic carbocycles.